The lowest BCUT2D eigenvalue weighted by molar-refractivity contribution is -0.0499. The first kappa shape index (κ1) is 35.5. The van der Waals surface area contributed by atoms with Gasteiger partial charge in [-0.1, -0.05) is 27.7 Å². The van der Waals surface area contributed by atoms with Crippen LogP contribution >= 0.6 is 0 Å². The minimum absolute atomic E-state index is 0.0000987. The van der Waals surface area contributed by atoms with Gasteiger partial charge in [0.1, 0.15) is 23.3 Å². The van der Waals surface area contributed by atoms with Gasteiger partial charge in [0.05, 0.1) is 25.3 Å². The number of anilines is 1. The summed E-state index contributed by atoms with van der Waals surface area (Å²) in [5.74, 6) is -0.888. The standard InChI is InChI=1S/C32H36F3N5O5.C2H6/c1-4-44-28-11-20(24-8-7-23(45-32(34)35)12-25(24)30(42)39-16-21(33)17-39)10-27(37-28)38-29(41)26-9-19(14-36-13-18(2)3)15-40(31(26)43)22-5-6-22;1-2/h7-12,15,18,21-22,32,36H,4-6,13-14,16-17H2,1-3H3,(H,37,38,41);1-2H3. The van der Waals surface area contributed by atoms with Gasteiger partial charge in [0.25, 0.3) is 17.4 Å². The number of carbonyl (C=O) groups excluding carboxylic acids is 2. The Kier molecular flexibility index (Phi) is 12.0. The summed E-state index contributed by atoms with van der Waals surface area (Å²) in [5.41, 5.74) is 1.01. The first-order valence-electron chi connectivity index (χ1n) is 16.0. The van der Waals surface area contributed by atoms with E-state index in [1.165, 1.54) is 35.2 Å². The molecule has 1 saturated carbocycles. The molecule has 1 aliphatic heterocycles. The summed E-state index contributed by atoms with van der Waals surface area (Å²) >= 11 is 0. The number of carbonyl (C=O) groups is 2. The van der Waals surface area contributed by atoms with Gasteiger partial charge >= 0.3 is 6.61 Å². The van der Waals surface area contributed by atoms with Crippen molar-refractivity contribution in [2.75, 3.05) is 31.6 Å². The minimum atomic E-state index is -3.11. The van der Waals surface area contributed by atoms with Crippen LogP contribution in [-0.4, -0.2) is 65.3 Å². The molecule has 3 heterocycles. The van der Waals surface area contributed by atoms with Crippen molar-refractivity contribution in [1.82, 2.24) is 19.8 Å². The lowest BCUT2D eigenvalue weighted by Crippen LogP contribution is -2.51. The summed E-state index contributed by atoms with van der Waals surface area (Å²) in [6.45, 7) is 8.05. The SMILES string of the molecule is CC.CCOc1cc(-c2ccc(OC(F)F)cc2C(=O)N2CC(F)C2)cc(NC(=O)c2cc(CNCC(C)C)cn(C3CC3)c2=O)n1. The maximum Gasteiger partial charge on any atom is 0.387 e. The highest BCUT2D eigenvalue weighted by Crippen LogP contribution is 2.35. The number of likely N-dealkylation sites (tertiary alicyclic amines) is 1. The Labute approximate surface area is 272 Å². The van der Waals surface area contributed by atoms with Gasteiger partial charge in [-0.3, -0.25) is 14.4 Å². The van der Waals surface area contributed by atoms with E-state index < -0.39 is 30.2 Å². The molecule has 5 rings (SSSR count). The van der Waals surface area contributed by atoms with E-state index in [2.05, 4.69) is 34.2 Å². The van der Waals surface area contributed by atoms with Gasteiger partial charge in [-0.05, 0) is 79.3 Å². The average molecular weight is 658 g/mol. The molecular weight excluding hydrogens is 615 g/mol. The molecule has 2 aliphatic rings. The second kappa shape index (κ2) is 15.9. The zero-order valence-corrected chi connectivity index (χ0v) is 27.3. The molecule has 0 unspecified atom stereocenters. The van der Waals surface area contributed by atoms with Crippen LogP contribution < -0.4 is 25.7 Å². The van der Waals surface area contributed by atoms with E-state index >= 15 is 0 Å². The monoisotopic (exact) mass is 657 g/mol. The van der Waals surface area contributed by atoms with Crippen molar-refractivity contribution in [1.29, 1.82) is 0 Å². The van der Waals surface area contributed by atoms with Crippen LogP contribution in [0, 0.1) is 5.92 Å². The molecule has 3 aromatic rings. The summed E-state index contributed by atoms with van der Waals surface area (Å²) in [6, 6.07) is 8.53. The number of hydrogen-bond acceptors (Lipinski definition) is 7. The molecule has 47 heavy (non-hydrogen) atoms. The van der Waals surface area contributed by atoms with Crippen molar-refractivity contribution in [3.05, 3.63) is 69.6 Å². The number of aromatic nitrogens is 2. The molecule has 0 radical (unpaired) electrons. The number of pyridine rings is 2. The quantitative estimate of drug-likeness (QED) is 0.230. The Balaban J connectivity index is 0.00000245. The van der Waals surface area contributed by atoms with Crippen LogP contribution in [0.25, 0.3) is 11.1 Å². The largest absolute Gasteiger partial charge is 0.478 e. The Bertz CT molecular complexity index is 1620. The van der Waals surface area contributed by atoms with Crippen molar-refractivity contribution >= 4 is 17.6 Å². The molecular formula is C34H42F3N5O5. The average Bonchev–Trinajstić information content (AvgIpc) is 3.86. The van der Waals surface area contributed by atoms with Crippen LogP contribution in [-0.2, 0) is 6.54 Å². The second-order valence-corrected chi connectivity index (χ2v) is 11.6. The van der Waals surface area contributed by atoms with E-state index in [9.17, 15) is 27.6 Å². The number of hydrogen-bond donors (Lipinski definition) is 2. The molecule has 1 aromatic carbocycles. The van der Waals surface area contributed by atoms with Crippen LogP contribution in [0.1, 0.15) is 79.8 Å². The fourth-order valence-electron chi connectivity index (χ4n) is 5.07. The van der Waals surface area contributed by atoms with Gasteiger partial charge in [-0.2, -0.15) is 13.8 Å². The van der Waals surface area contributed by atoms with Crippen LogP contribution in [0.4, 0.5) is 19.0 Å². The van der Waals surface area contributed by atoms with Crippen LogP contribution in [0.15, 0.2) is 47.4 Å². The highest BCUT2D eigenvalue weighted by molar-refractivity contribution is 6.05. The predicted molar refractivity (Wildman–Crippen MR) is 173 cm³/mol. The number of halogens is 3. The highest BCUT2D eigenvalue weighted by Gasteiger charge is 2.33. The van der Waals surface area contributed by atoms with Crippen molar-refractivity contribution in [3.63, 3.8) is 0 Å². The molecule has 2 N–H and O–H groups in total. The molecule has 1 saturated heterocycles. The molecule has 2 fully saturated rings. The number of rotatable bonds is 13. The van der Waals surface area contributed by atoms with Crippen molar-refractivity contribution < 1.29 is 32.2 Å². The normalized spacial score (nSPS) is 14.4. The topological polar surface area (TPSA) is 115 Å². The van der Waals surface area contributed by atoms with Gasteiger partial charge in [0.2, 0.25) is 5.88 Å². The Morgan fingerprint density at radius 3 is 2.40 bits per heavy atom. The predicted octanol–water partition coefficient (Wildman–Crippen LogP) is 6.06. The third-order valence-electron chi connectivity index (χ3n) is 7.38. The number of ether oxygens (including phenoxy) is 2. The van der Waals surface area contributed by atoms with E-state index in [1.807, 2.05) is 13.8 Å². The Morgan fingerprint density at radius 2 is 1.79 bits per heavy atom. The molecule has 0 bridgehead atoms. The highest BCUT2D eigenvalue weighted by atomic mass is 19.3. The van der Waals surface area contributed by atoms with E-state index in [0.29, 0.717) is 23.6 Å². The van der Waals surface area contributed by atoms with Gasteiger partial charge < -0.3 is 29.6 Å². The first-order chi connectivity index (χ1) is 22.5. The molecule has 2 amide bonds. The Hall–Kier alpha value is -4.39. The summed E-state index contributed by atoms with van der Waals surface area (Å²) in [6.07, 6.45) is 2.34. The molecule has 10 nitrogen and oxygen atoms in total. The summed E-state index contributed by atoms with van der Waals surface area (Å²) in [7, 11) is 0. The lowest BCUT2D eigenvalue weighted by Gasteiger charge is -2.34. The van der Waals surface area contributed by atoms with E-state index in [-0.39, 0.29) is 54.3 Å². The first-order valence-corrected chi connectivity index (χ1v) is 16.0. The van der Waals surface area contributed by atoms with Gasteiger partial charge in [-0.25, -0.2) is 4.39 Å². The van der Waals surface area contributed by atoms with Crippen molar-refractivity contribution in [3.8, 4) is 22.8 Å². The van der Waals surface area contributed by atoms with Gasteiger partial charge in [0, 0.05) is 24.8 Å². The van der Waals surface area contributed by atoms with Crippen LogP contribution in [0.3, 0.4) is 0 Å². The number of nitrogens with zero attached hydrogens (tertiary/aromatic N) is 3. The summed E-state index contributed by atoms with van der Waals surface area (Å²) in [5, 5.41) is 6.04. The fraction of sp³-hybridized carbons (Fsp3) is 0.471. The second-order valence-electron chi connectivity index (χ2n) is 11.6. The molecule has 2 aromatic heterocycles. The van der Waals surface area contributed by atoms with Crippen LogP contribution in [0.5, 0.6) is 11.6 Å². The van der Waals surface area contributed by atoms with Gasteiger partial charge in [-0.15, -0.1) is 0 Å². The molecule has 13 heteroatoms. The maximum atomic E-state index is 13.6. The third kappa shape index (κ3) is 9.12. The van der Waals surface area contributed by atoms with Crippen LogP contribution in [0.2, 0.25) is 0 Å². The van der Waals surface area contributed by atoms with Gasteiger partial charge in [0.15, 0.2) is 0 Å². The Morgan fingerprint density at radius 1 is 1.06 bits per heavy atom. The fourth-order valence-corrected chi connectivity index (χ4v) is 5.07. The van der Waals surface area contributed by atoms with Crippen molar-refractivity contribution in [2.24, 2.45) is 5.92 Å². The molecule has 254 valence electrons. The smallest absolute Gasteiger partial charge is 0.387 e. The zero-order valence-electron chi connectivity index (χ0n) is 27.3. The molecule has 0 spiro atoms. The number of nitrogens with one attached hydrogen (secondary N) is 2. The summed E-state index contributed by atoms with van der Waals surface area (Å²) < 4.78 is 51.3. The van der Waals surface area contributed by atoms with E-state index in [4.69, 9.17) is 4.74 Å². The minimum Gasteiger partial charge on any atom is -0.478 e. The van der Waals surface area contributed by atoms with E-state index in [1.54, 1.807) is 23.8 Å². The third-order valence-corrected chi connectivity index (χ3v) is 7.38. The molecule has 0 atom stereocenters. The van der Waals surface area contributed by atoms with Crippen molar-refractivity contribution in [2.45, 2.75) is 72.8 Å². The number of benzene rings is 1. The maximum absolute atomic E-state index is 13.6. The number of amides is 2. The number of alkyl halides is 3. The lowest BCUT2D eigenvalue weighted by atomic mass is 9.97. The summed E-state index contributed by atoms with van der Waals surface area (Å²) in [4.78, 5) is 45.8. The zero-order chi connectivity index (χ0) is 34.2. The van der Waals surface area contributed by atoms with E-state index in [0.717, 1.165) is 24.9 Å². The molecule has 1 aliphatic carbocycles.